The number of carboxylic acid groups (broad SMARTS) is 1. The summed E-state index contributed by atoms with van der Waals surface area (Å²) in [5.74, 6) is -1.03. The first-order valence-electron chi connectivity index (χ1n) is 6.74. The van der Waals surface area contributed by atoms with Crippen LogP contribution in [0.2, 0.25) is 5.02 Å². The van der Waals surface area contributed by atoms with Crippen LogP contribution >= 0.6 is 11.6 Å². The van der Waals surface area contributed by atoms with Crippen LogP contribution in [0.3, 0.4) is 0 Å². The average Bonchev–Trinajstić information content (AvgIpc) is 2.85. The van der Waals surface area contributed by atoms with Crippen LogP contribution in [0.25, 0.3) is 5.69 Å². The van der Waals surface area contributed by atoms with E-state index in [0.717, 1.165) is 24.2 Å². The minimum Gasteiger partial charge on any atom is -0.478 e. The number of nitrogens with zero attached hydrogens (tertiary/aromatic N) is 4. The van der Waals surface area contributed by atoms with Gasteiger partial charge < -0.3 is 10.0 Å². The number of halogens is 1. The Morgan fingerprint density at radius 2 is 2.27 bits per heavy atom. The summed E-state index contributed by atoms with van der Waals surface area (Å²) in [5.41, 5.74) is 2.78. The molecule has 1 aromatic carbocycles. The zero-order chi connectivity index (χ0) is 15.9. The Labute approximate surface area is 132 Å². The molecule has 2 heterocycles. The highest BCUT2D eigenvalue weighted by molar-refractivity contribution is 6.32. The molecule has 0 fully saturated rings. The smallest absolute Gasteiger partial charge is 0.335 e. The van der Waals surface area contributed by atoms with Crippen molar-refractivity contribution in [2.45, 2.75) is 13.0 Å². The maximum Gasteiger partial charge on any atom is 0.335 e. The molecule has 0 amide bonds. The molecule has 6 nitrogen and oxygen atoms in total. The molecule has 1 aliphatic heterocycles. The van der Waals surface area contributed by atoms with Crippen molar-refractivity contribution >= 4 is 17.6 Å². The molecular weight excluding hydrogens is 304 g/mol. The van der Waals surface area contributed by atoms with Gasteiger partial charge >= 0.3 is 5.97 Å². The normalized spacial score (nSPS) is 14.4. The zero-order valence-corrected chi connectivity index (χ0v) is 12.6. The summed E-state index contributed by atoms with van der Waals surface area (Å²) >= 11 is 6.21. The number of nitriles is 1. The van der Waals surface area contributed by atoms with E-state index < -0.39 is 5.97 Å². The first-order valence-corrected chi connectivity index (χ1v) is 7.11. The zero-order valence-electron chi connectivity index (χ0n) is 11.9. The summed E-state index contributed by atoms with van der Waals surface area (Å²) in [6.07, 6.45) is 0.730. The van der Waals surface area contributed by atoms with Gasteiger partial charge in [-0.15, -0.1) is 0 Å². The van der Waals surface area contributed by atoms with E-state index in [1.807, 2.05) is 7.05 Å². The molecule has 0 saturated heterocycles. The van der Waals surface area contributed by atoms with Crippen molar-refractivity contribution in [3.63, 3.8) is 0 Å². The van der Waals surface area contributed by atoms with E-state index in [4.69, 9.17) is 16.7 Å². The van der Waals surface area contributed by atoms with Crippen LogP contribution in [0.5, 0.6) is 0 Å². The summed E-state index contributed by atoms with van der Waals surface area (Å²) in [4.78, 5) is 13.3. The van der Waals surface area contributed by atoms with Gasteiger partial charge in [0.25, 0.3) is 0 Å². The van der Waals surface area contributed by atoms with Crippen LogP contribution in [0.15, 0.2) is 18.2 Å². The molecular formula is C15H13ClN4O2. The molecule has 1 N–H and O–H groups in total. The van der Waals surface area contributed by atoms with Gasteiger partial charge in [-0.1, -0.05) is 11.6 Å². The highest BCUT2D eigenvalue weighted by Crippen LogP contribution is 2.28. The second-order valence-corrected chi connectivity index (χ2v) is 5.66. The Morgan fingerprint density at radius 3 is 2.95 bits per heavy atom. The van der Waals surface area contributed by atoms with Gasteiger partial charge in [-0.25, -0.2) is 9.48 Å². The third-order valence-electron chi connectivity index (χ3n) is 3.78. The Morgan fingerprint density at radius 1 is 1.50 bits per heavy atom. The second kappa shape index (κ2) is 5.44. The lowest BCUT2D eigenvalue weighted by molar-refractivity contribution is 0.0697. The minimum absolute atomic E-state index is 0.134. The van der Waals surface area contributed by atoms with Gasteiger partial charge in [0.2, 0.25) is 0 Å². The summed E-state index contributed by atoms with van der Waals surface area (Å²) in [7, 11) is 1.99. The fourth-order valence-electron chi connectivity index (χ4n) is 2.65. The van der Waals surface area contributed by atoms with Crippen LogP contribution < -0.4 is 0 Å². The fourth-order valence-corrected chi connectivity index (χ4v) is 2.85. The molecule has 0 unspecified atom stereocenters. The molecule has 3 rings (SSSR count). The fraction of sp³-hybridized carbons (Fsp3) is 0.267. The van der Waals surface area contributed by atoms with Gasteiger partial charge in [-0.05, 0) is 25.2 Å². The Hall–Kier alpha value is -2.36. The van der Waals surface area contributed by atoms with Gasteiger partial charge in [-0.2, -0.15) is 10.4 Å². The number of carboxylic acids is 1. The number of fused-ring (bicyclic) bond motifs is 1. The van der Waals surface area contributed by atoms with Crippen LogP contribution in [0.4, 0.5) is 0 Å². The number of carbonyl (C=O) groups is 1. The number of hydrogen-bond donors (Lipinski definition) is 1. The van der Waals surface area contributed by atoms with E-state index in [-0.39, 0.29) is 5.56 Å². The molecule has 1 aliphatic rings. The third kappa shape index (κ3) is 2.34. The van der Waals surface area contributed by atoms with E-state index in [1.165, 1.54) is 18.2 Å². The summed E-state index contributed by atoms with van der Waals surface area (Å²) < 4.78 is 1.61. The van der Waals surface area contributed by atoms with Crippen molar-refractivity contribution in [1.29, 1.82) is 5.26 Å². The molecule has 0 atom stereocenters. The van der Waals surface area contributed by atoms with Gasteiger partial charge in [0.05, 0.1) is 22.0 Å². The molecule has 22 heavy (non-hydrogen) atoms. The van der Waals surface area contributed by atoms with Crippen molar-refractivity contribution in [2.24, 2.45) is 0 Å². The van der Waals surface area contributed by atoms with E-state index in [1.54, 1.807) is 4.68 Å². The van der Waals surface area contributed by atoms with Crippen LogP contribution in [-0.2, 0) is 13.0 Å². The van der Waals surface area contributed by atoms with Gasteiger partial charge in [0, 0.05) is 25.1 Å². The lowest BCUT2D eigenvalue weighted by Crippen LogP contribution is -2.27. The Balaban J connectivity index is 2.20. The molecule has 0 radical (unpaired) electrons. The number of rotatable bonds is 2. The monoisotopic (exact) mass is 316 g/mol. The average molecular weight is 317 g/mol. The van der Waals surface area contributed by atoms with Crippen LogP contribution in [-0.4, -0.2) is 39.3 Å². The first kappa shape index (κ1) is 14.6. The van der Waals surface area contributed by atoms with Crippen molar-refractivity contribution in [3.8, 4) is 11.8 Å². The molecule has 0 spiro atoms. The molecule has 0 bridgehead atoms. The SMILES string of the molecule is CN1CCc2c(c(C#N)nn2-c2cc(C(=O)O)ccc2Cl)C1. The molecule has 0 saturated carbocycles. The Kier molecular flexibility index (Phi) is 3.61. The topological polar surface area (TPSA) is 82.2 Å². The summed E-state index contributed by atoms with van der Waals surface area (Å²) in [6, 6.07) is 6.57. The van der Waals surface area contributed by atoms with Crippen LogP contribution in [0.1, 0.15) is 27.3 Å². The predicted octanol–water partition coefficient (Wildman–Crippen LogP) is 2.08. The number of likely N-dealkylation sites (N-methyl/N-ethyl adjacent to an activating group) is 1. The molecule has 7 heteroatoms. The second-order valence-electron chi connectivity index (χ2n) is 5.26. The predicted molar refractivity (Wildman–Crippen MR) is 80.3 cm³/mol. The first-order chi connectivity index (χ1) is 10.5. The van der Waals surface area contributed by atoms with Crippen molar-refractivity contribution in [1.82, 2.24) is 14.7 Å². The van der Waals surface area contributed by atoms with Crippen molar-refractivity contribution in [3.05, 3.63) is 45.7 Å². The number of aromatic carboxylic acids is 1. The number of hydrogen-bond acceptors (Lipinski definition) is 4. The highest BCUT2D eigenvalue weighted by atomic mass is 35.5. The van der Waals surface area contributed by atoms with E-state index >= 15 is 0 Å². The van der Waals surface area contributed by atoms with Crippen molar-refractivity contribution in [2.75, 3.05) is 13.6 Å². The lowest BCUT2D eigenvalue weighted by Gasteiger charge is -2.23. The summed E-state index contributed by atoms with van der Waals surface area (Å²) in [5, 5.41) is 23.1. The van der Waals surface area contributed by atoms with Crippen molar-refractivity contribution < 1.29 is 9.90 Å². The van der Waals surface area contributed by atoms with Gasteiger partial charge in [0.1, 0.15) is 6.07 Å². The van der Waals surface area contributed by atoms with Gasteiger partial charge in [-0.3, -0.25) is 0 Å². The molecule has 0 aliphatic carbocycles. The summed E-state index contributed by atoms with van der Waals surface area (Å²) in [6.45, 7) is 1.49. The Bertz CT molecular complexity index is 807. The maximum atomic E-state index is 11.2. The van der Waals surface area contributed by atoms with Gasteiger partial charge in [0.15, 0.2) is 5.69 Å². The largest absolute Gasteiger partial charge is 0.478 e. The number of benzene rings is 1. The number of aromatic nitrogens is 2. The highest BCUT2D eigenvalue weighted by Gasteiger charge is 2.25. The standard InChI is InChI=1S/C15H13ClN4O2/c1-19-5-4-13-10(8-19)12(7-17)18-20(13)14-6-9(15(21)22)2-3-11(14)16/h2-3,6H,4-5,8H2,1H3,(H,21,22). The minimum atomic E-state index is -1.03. The molecule has 2 aromatic rings. The maximum absolute atomic E-state index is 11.2. The quantitative estimate of drug-likeness (QED) is 0.917. The van der Waals surface area contributed by atoms with E-state index in [2.05, 4.69) is 16.1 Å². The molecule has 1 aromatic heterocycles. The van der Waals surface area contributed by atoms with Crippen LogP contribution in [0, 0.1) is 11.3 Å². The molecule has 112 valence electrons. The van der Waals surface area contributed by atoms with E-state index in [0.29, 0.717) is 22.9 Å². The lowest BCUT2D eigenvalue weighted by atomic mass is 10.1. The van der Waals surface area contributed by atoms with E-state index in [9.17, 15) is 10.1 Å². The third-order valence-corrected chi connectivity index (χ3v) is 4.10.